The Hall–Kier alpha value is -3.07. The van der Waals surface area contributed by atoms with Gasteiger partial charge in [0.15, 0.2) is 17.5 Å². The van der Waals surface area contributed by atoms with E-state index in [0.717, 1.165) is 42.0 Å². The van der Waals surface area contributed by atoms with Crippen LogP contribution in [0, 0.1) is 17.5 Å². The molecule has 1 aliphatic heterocycles. The van der Waals surface area contributed by atoms with E-state index in [9.17, 15) is 22.8 Å². The van der Waals surface area contributed by atoms with Crippen molar-refractivity contribution in [2.24, 2.45) is 0 Å². The molecule has 32 heavy (non-hydrogen) atoms. The summed E-state index contributed by atoms with van der Waals surface area (Å²) in [5.74, 6) is -4.50. The van der Waals surface area contributed by atoms with Crippen molar-refractivity contribution in [3.63, 3.8) is 0 Å². The minimum absolute atomic E-state index is 0.00695. The van der Waals surface area contributed by atoms with Crippen LogP contribution in [0.3, 0.4) is 0 Å². The lowest BCUT2D eigenvalue weighted by atomic mass is 10.0. The maximum Gasteiger partial charge on any atom is 0.241 e. The molecule has 0 fully saturated rings. The van der Waals surface area contributed by atoms with Gasteiger partial charge in [-0.25, -0.2) is 13.2 Å². The quantitative estimate of drug-likeness (QED) is 0.624. The van der Waals surface area contributed by atoms with E-state index in [0.29, 0.717) is 19.5 Å². The predicted molar refractivity (Wildman–Crippen MR) is 115 cm³/mol. The van der Waals surface area contributed by atoms with Crippen molar-refractivity contribution in [2.75, 3.05) is 43.5 Å². The summed E-state index contributed by atoms with van der Waals surface area (Å²) in [7, 11) is 1.59. The molecule has 0 atom stereocenters. The molecule has 0 unspecified atom stereocenters. The Bertz CT molecular complexity index is 1000. The first-order valence-electron chi connectivity index (χ1n) is 10.5. The van der Waals surface area contributed by atoms with Gasteiger partial charge in [-0.2, -0.15) is 0 Å². The number of rotatable bonds is 8. The first-order valence-corrected chi connectivity index (χ1v) is 10.5. The van der Waals surface area contributed by atoms with E-state index in [-0.39, 0.29) is 19.0 Å². The highest BCUT2D eigenvalue weighted by Crippen LogP contribution is 2.30. The number of ether oxygens (including phenoxy) is 1. The third-order valence-corrected chi connectivity index (χ3v) is 5.28. The third kappa shape index (κ3) is 5.40. The molecule has 172 valence electrons. The summed E-state index contributed by atoms with van der Waals surface area (Å²) in [5, 5.41) is 2.25. The fourth-order valence-electron chi connectivity index (χ4n) is 3.78. The Labute approximate surface area is 184 Å². The zero-order valence-electron chi connectivity index (χ0n) is 18.1. The molecule has 0 saturated heterocycles. The number of hydrogen-bond donors (Lipinski definition) is 1. The van der Waals surface area contributed by atoms with Crippen molar-refractivity contribution in [3.05, 3.63) is 53.3 Å². The lowest BCUT2D eigenvalue weighted by molar-refractivity contribution is -0.121. The highest BCUT2D eigenvalue weighted by molar-refractivity contribution is 5.97. The maximum absolute atomic E-state index is 13.8. The molecule has 0 aliphatic carbocycles. The van der Waals surface area contributed by atoms with Gasteiger partial charge in [0.25, 0.3) is 0 Å². The first kappa shape index (κ1) is 23.6. The number of hydrogen-bond acceptors (Lipinski definition) is 4. The molecule has 0 radical (unpaired) electrons. The summed E-state index contributed by atoms with van der Waals surface area (Å²) in [5.41, 5.74) is 1.40. The van der Waals surface area contributed by atoms with Crippen LogP contribution in [0.2, 0.25) is 0 Å². The Morgan fingerprint density at radius 3 is 2.62 bits per heavy atom. The van der Waals surface area contributed by atoms with Gasteiger partial charge in [0.2, 0.25) is 11.8 Å². The molecule has 0 saturated carbocycles. The van der Waals surface area contributed by atoms with Crippen molar-refractivity contribution in [1.29, 1.82) is 0 Å². The highest BCUT2D eigenvalue weighted by atomic mass is 19.2. The van der Waals surface area contributed by atoms with E-state index < -0.39 is 29.0 Å². The number of nitrogens with zero attached hydrogens (tertiary/aromatic N) is 2. The average Bonchev–Trinajstić information content (AvgIpc) is 2.78. The van der Waals surface area contributed by atoms with E-state index >= 15 is 0 Å². The number of benzene rings is 2. The first-order chi connectivity index (χ1) is 15.3. The Kier molecular flexibility index (Phi) is 7.74. The Balaban J connectivity index is 1.67. The summed E-state index contributed by atoms with van der Waals surface area (Å²) < 4.78 is 45.6. The predicted octanol–water partition coefficient (Wildman–Crippen LogP) is 3.74. The number of amides is 2. The van der Waals surface area contributed by atoms with Crippen LogP contribution in [0.15, 0.2) is 30.3 Å². The van der Waals surface area contributed by atoms with Gasteiger partial charge >= 0.3 is 0 Å². The lowest BCUT2D eigenvalue weighted by Gasteiger charge is -2.32. The minimum Gasteiger partial charge on any atom is -0.497 e. The monoisotopic (exact) mass is 449 g/mol. The zero-order valence-corrected chi connectivity index (χ0v) is 18.1. The number of carbonyl (C=O) groups excluding carboxylic acids is 2. The van der Waals surface area contributed by atoms with Gasteiger partial charge < -0.3 is 15.0 Å². The second-order valence-electron chi connectivity index (χ2n) is 7.63. The van der Waals surface area contributed by atoms with Crippen LogP contribution in [-0.2, 0) is 16.0 Å². The van der Waals surface area contributed by atoms with Crippen LogP contribution >= 0.6 is 0 Å². The Morgan fingerprint density at radius 2 is 1.91 bits per heavy atom. The van der Waals surface area contributed by atoms with Crippen LogP contribution in [-0.4, -0.2) is 50.0 Å². The number of aryl methyl sites for hydroxylation is 1. The van der Waals surface area contributed by atoms with Crippen LogP contribution in [0.5, 0.6) is 5.75 Å². The van der Waals surface area contributed by atoms with Crippen molar-refractivity contribution in [3.8, 4) is 5.75 Å². The van der Waals surface area contributed by atoms with Crippen molar-refractivity contribution >= 4 is 23.2 Å². The summed E-state index contributed by atoms with van der Waals surface area (Å²) >= 11 is 0. The molecule has 1 aliphatic rings. The van der Waals surface area contributed by atoms with E-state index in [4.69, 9.17) is 4.74 Å². The molecule has 3 rings (SSSR count). The number of methoxy groups -OCH3 is 1. The third-order valence-electron chi connectivity index (χ3n) is 5.28. The van der Waals surface area contributed by atoms with E-state index in [1.54, 1.807) is 23.0 Å². The molecular weight excluding hydrogens is 423 g/mol. The molecule has 2 aromatic carbocycles. The summed E-state index contributed by atoms with van der Waals surface area (Å²) in [4.78, 5) is 28.8. The number of anilines is 2. The lowest BCUT2D eigenvalue weighted by Crippen LogP contribution is -2.45. The molecule has 0 spiro atoms. The molecule has 9 heteroatoms. The minimum atomic E-state index is -1.65. The number of carbonyl (C=O) groups is 2. The van der Waals surface area contributed by atoms with Gasteiger partial charge in [-0.1, -0.05) is 6.92 Å². The number of halogens is 3. The molecule has 1 N–H and O–H groups in total. The largest absolute Gasteiger partial charge is 0.497 e. The Morgan fingerprint density at radius 1 is 1.12 bits per heavy atom. The molecule has 0 bridgehead atoms. The zero-order chi connectivity index (χ0) is 23.3. The van der Waals surface area contributed by atoms with Gasteiger partial charge in [-0.05, 0) is 61.7 Å². The summed E-state index contributed by atoms with van der Waals surface area (Å²) in [6.07, 6.45) is 2.35. The number of fused-ring (bicyclic) bond motifs is 1. The molecule has 2 amide bonds. The molecule has 2 aromatic rings. The normalized spacial score (nSPS) is 13.1. The smallest absolute Gasteiger partial charge is 0.241 e. The standard InChI is InChI=1S/C23H26F3N3O3/c1-3-10-28(13-20(30)27-18-8-7-17(24)22(25)23(18)26)14-21(31)29-11-4-5-15-12-16(32-2)6-9-19(15)29/h6-9,12H,3-5,10-11,13-14H2,1-2H3,(H,27,30). The van der Waals surface area contributed by atoms with Crippen molar-refractivity contribution < 1.29 is 27.5 Å². The fourth-order valence-corrected chi connectivity index (χ4v) is 3.78. The van der Waals surface area contributed by atoms with Crippen LogP contribution in [0.4, 0.5) is 24.5 Å². The van der Waals surface area contributed by atoms with Gasteiger partial charge in [-0.3, -0.25) is 14.5 Å². The highest BCUT2D eigenvalue weighted by Gasteiger charge is 2.25. The van der Waals surface area contributed by atoms with Crippen LogP contribution in [0.1, 0.15) is 25.3 Å². The second kappa shape index (κ2) is 10.5. The van der Waals surface area contributed by atoms with Crippen LogP contribution in [0.25, 0.3) is 0 Å². The fraction of sp³-hybridized carbons (Fsp3) is 0.391. The second-order valence-corrected chi connectivity index (χ2v) is 7.63. The maximum atomic E-state index is 13.8. The van der Waals surface area contributed by atoms with Gasteiger partial charge in [0.05, 0.1) is 25.9 Å². The van der Waals surface area contributed by atoms with Crippen molar-refractivity contribution in [1.82, 2.24) is 4.90 Å². The van der Waals surface area contributed by atoms with E-state index in [1.807, 2.05) is 19.1 Å². The van der Waals surface area contributed by atoms with Gasteiger partial charge in [0.1, 0.15) is 5.75 Å². The SMILES string of the molecule is CCCN(CC(=O)Nc1ccc(F)c(F)c1F)CC(=O)N1CCCc2cc(OC)ccc21. The number of nitrogens with one attached hydrogen (secondary N) is 1. The molecule has 6 nitrogen and oxygen atoms in total. The summed E-state index contributed by atoms with van der Waals surface area (Å²) in [6.45, 7) is 2.74. The summed E-state index contributed by atoms with van der Waals surface area (Å²) in [6, 6.07) is 7.28. The van der Waals surface area contributed by atoms with E-state index in [1.165, 1.54) is 0 Å². The molecule has 1 heterocycles. The van der Waals surface area contributed by atoms with Gasteiger partial charge in [-0.15, -0.1) is 0 Å². The van der Waals surface area contributed by atoms with Crippen LogP contribution < -0.4 is 15.0 Å². The van der Waals surface area contributed by atoms with Crippen molar-refractivity contribution in [2.45, 2.75) is 26.2 Å². The van der Waals surface area contributed by atoms with E-state index in [2.05, 4.69) is 5.32 Å². The molecule has 0 aromatic heterocycles. The topological polar surface area (TPSA) is 61.9 Å². The average molecular weight is 449 g/mol. The molecular formula is C23H26F3N3O3. The van der Waals surface area contributed by atoms with Gasteiger partial charge in [0, 0.05) is 12.2 Å².